The van der Waals surface area contributed by atoms with E-state index in [1.807, 2.05) is 18.2 Å². The van der Waals surface area contributed by atoms with E-state index in [0.717, 1.165) is 24.2 Å². The van der Waals surface area contributed by atoms with Gasteiger partial charge in [0.2, 0.25) is 0 Å². The maximum atomic E-state index is 10.8. The summed E-state index contributed by atoms with van der Waals surface area (Å²) in [6.45, 7) is 2.08. The van der Waals surface area contributed by atoms with Crippen LogP contribution in [0.5, 0.6) is 11.5 Å². The molecule has 2 N–H and O–H groups in total. The molecule has 0 bridgehead atoms. The largest absolute Gasteiger partial charge is 0.504 e. The molecule has 0 amide bonds. The number of phenols is 1. The quantitative estimate of drug-likeness (QED) is 0.739. The van der Waals surface area contributed by atoms with Crippen molar-refractivity contribution in [1.29, 1.82) is 0 Å². The van der Waals surface area contributed by atoms with Crippen molar-refractivity contribution in [2.24, 2.45) is 0 Å². The Morgan fingerprint density at radius 3 is 2.60 bits per heavy atom. The van der Waals surface area contributed by atoms with Crippen LogP contribution in [-0.4, -0.2) is 35.2 Å². The number of H-pyrrole nitrogens is 1. The van der Waals surface area contributed by atoms with Gasteiger partial charge in [0.1, 0.15) is 0 Å². The third-order valence-electron chi connectivity index (χ3n) is 5.22. The summed E-state index contributed by atoms with van der Waals surface area (Å²) in [6, 6.07) is 14.2. The van der Waals surface area contributed by atoms with Crippen LogP contribution in [-0.2, 0) is 0 Å². The van der Waals surface area contributed by atoms with Gasteiger partial charge in [0, 0.05) is 22.7 Å². The van der Waals surface area contributed by atoms with Crippen LogP contribution < -0.4 is 4.74 Å². The second-order valence-corrected chi connectivity index (χ2v) is 6.69. The first-order valence-corrected chi connectivity index (χ1v) is 8.95. The number of piperidine rings is 1. The fourth-order valence-corrected chi connectivity index (χ4v) is 3.98. The molecule has 0 radical (unpaired) electrons. The lowest BCUT2D eigenvalue weighted by molar-refractivity contribution is 0.185. The number of aromatic amines is 1. The van der Waals surface area contributed by atoms with E-state index in [1.54, 1.807) is 13.2 Å². The monoisotopic (exact) mass is 336 g/mol. The number of methoxy groups -OCH3 is 1. The van der Waals surface area contributed by atoms with Crippen molar-refractivity contribution in [3.05, 3.63) is 59.8 Å². The Kier molecular flexibility index (Phi) is 4.36. The minimum atomic E-state index is 0.0200. The maximum absolute atomic E-state index is 10.8. The van der Waals surface area contributed by atoms with Gasteiger partial charge < -0.3 is 14.8 Å². The summed E-state index contributed by atoms with van der Waals surface area (Å²) in [7, 11) is 1.60. The van der Waals surface area contributed by atoms with E-state index in [4.69, 9.17) is 4.74 Å². The molecule has 2 heterocycles. The molecular weight excluding hydrogens is 312 g/mol. The third kappa shape index (κ3) is 2.87. The molecule has 0 aliphatic carbocycles. The van der Waals surface area contributed by atoms with Crippen molar-refractivity contribution in [2.75, 3.05) is 20.2 Å². The van der Waals surface area contributed by atoms with Gasteiger partial charge in [-0.1, -0.05) is 36.8 Å². The predicted molar refractivity (Wildman–Crippen MR) is 100 cm³/mol. The zero-order valence-corrected chi connectivity index (χ0v) is 14.5. The standard InChI is InChI=1S/C21H24N2O2/c1-25-19-11-7-9-16(21(19)24)20(23-12-5-2-6-13-23)17-14-22-18-10-4-3-8-15(17)18/h3-4,7-11,14,20,22,24H,2,5-6,12-13H2,1H3. The molecule has 0 spiro atoms. The van der Waals surface area contributed by atoms with Crippen LogP contribution >= 0.6 is 0 Å². The Balaban J connectivity index is 1.88. The highest BCUT2D eigenvalue weighted by molar-refractivity contribution is 5.84. The molecule has 1 aliphatic rings. The SMILES string of the molecule is COc1cccc(C(c2c[nH]c3ccccc23)N2CCCCC2)c1O. The van der Waals surface area contributed by atoms with Gasteiger partial charge in [0.05, 0.1) is 13.2 Å². The molecule has 4 nitrogen and oxygen atoms in total. The molecule has 25 heavy (non-hydrogen) atoms. The Morgan fingerprint density at radius 1 is 1.00 bits per heavy atom. The average Bonchev–Trinajstić information content (AvgIpc) is 3.08. The van der Waals surface area contributed by atoms with Crippen molar-refractivity contribution < 1.29 is 9.84 Å². The summed E-state index contributed by atoms with van der Waals surface area (Å²) in [4.78, 5) is 5.87. The number of aromatic hydroxyl groups is 1. The number of aromatic nitrogens is 1. The van der Waals surface area contributed by atoms with Gasteiger partial charge in [-0.25, -0.2) is 0 Å². The molecule has 2 aromatic carbocycles. The number of nitrogens with zero attached hydrogens (tertiary/aromatic N) is 1. The molecule has 130 valence electrons. The van der Waals surface area contributed by atoms with E-state index in [9.17, 15) is 5.11 Å². The van der Waals surface area contributed by atoms with Gasteiger partial charge >= 0.3 is 0 Å². The van der Waals surface area contributed by atoms with Crippen LogP contribution in [0.25, 0.3) is 10.9 Å². The smallest absolute Gasteiger partial charge is 0.162 e. The van der Waals surface area contributed by atoms with E-state index >= 15 is 0 Å². The summed E-state index contributed by atoms with van der Waals surface area (Å²) in [5.74, 6) is 0.769. The zero-order chi connectivity index (χ0) is 17.2. The summed E-state index contributed by atoms with van der Waals surface area (Å²) in [5, 5.41) is 12.0. The van der Waals surface area contributed by atoms with E-state index in [1.165, 1.54) is 30.2 Å². The second kappa shape index (κ2) is 6.81. The molecule has 1 atom stereocenters. The fourth-order valence-electron chi connectivity index (χ4n) is 3.98. The number of ether oxygens (including phenoxy) is 1. The summed E-state index contributed by atoms with van der Waals surface area (Å²) >= 11 is 0. The highest BCUT2D eigenvalue weighted by Crippen LogP contribution is 2.42. The van der Waals surface area contributed by atoms with E-state index in [-0.39, 0.29) is 11.8 Å². The number of fused-ring (bicyclic) bond motifs is 1. The molecule has 1 saturated heterocycles. The molecule has 4 rings (SSSR count). The van der Waals surface area contributed by atoms with E-state index < -0.39 is 0 Å². The van der Waals surface area contributed by atoms with Crippen molar-refractivity contribution >= 4 is 10.9 Å². The molecule has 1 aromatic heterocycles. The molecule has 1 unspecified atom stereocenters. The number of phenolic OH excluding ortho intramolecular Hbond substituents is 1. The number of benzene rings is 2. The van der Waals surface area contributed by atoms with Gasteiger partial charge in [-0.15, -0.1) is 0 Å². The highest BCUT2D eigenvalue weighted by Gasteiger charge is 2.29. The molecule has 1 aliphatic heterocycles. The molecular formula is C21H24N2O2. The molecule has 4 heteroatoms. The van der Waals surface area contributed by atoms with Gasteiger partial charge in [0.15, 0.2) is 11.5 Å². The number of likely N-dealkylation sites (tertiary alicyclic amines) is 1. The van der Waals surface area contributed by atoms with Crippen LogP contribution in [0.15, 0.2) is 48.7 Å². The first-order valence-electron chi connectivity index (χ1n) is 8.95. The Morgan fingerprint density at radius 2 is 1.80 bits per heavy atom. The van der Waals surface area contributed by atoms with Gasteiger partial charge in [-0.2, -0.15) is 0 Å². The molecule has 1 fully saturated rings. The third-order valence-corrected chi connectivity index (χ3v) is 5.22. The number of hydrogen-bond acceptors (Lipinski definition) is 3. The molecule has 3 aromatic rings. The zero-order valence-electron chi connectivity index (χ0n) is 14.5. The number of nitrogens with one attached hydrogen (secondary N) is 1. The first kappa shape index (κ1) is 16.0. The van der Waals surface area contributed by atoms with Gasteiger partial charge in [-0.3, -0.25) is 4.90 Å². The minimum absolute atomic E-state index is 0.0200. The van der Waals surface area contributed by atoms with Crippen LogP contribution in [0.1, 0.15) is 36.4 Å². The van der Waals surface area contributed by atoms with E-state index in [2.05, 4.69) is 34.3 Å². The van der Waals surface area contributed by atoms with E-state index in [0.29, 0.717) is 5.75 Å². The Labute approximate surface area is 148 Å². The van der Waals surface area contributed by atoms with Crippen molar-refractivity contribution in [3.8, 4) is 11.5 Å². The average molecular weight is 336 g/mol. The van der Waals surface area contributed by atoms with Crippen molar-refractivity contribution in [3.63, 3.8) is 0 Å². The van der Waals surface area contributed by atoms with Crippen LogP contribution in [0, 0.1) is 0 Å². The topological polar surface area (TPSA) is 48.5 Å². The highest BCUT2D eigenvalue weighted by atomic mass is 16.5. The lowest BCUT2D eigenvalue weighted by Gasteiger charge is -2.35. The van der Waals surface area contributed by atoms with Crippen LogP contribution in [0.2, 0.25) is 0 Å². The number of para-hydroxylation sites is 2. The second-order valence-electron chi connectivity index (χ2n) is 6.69. The van der Waals surface area contributed by atoms with Gasteiger partial charge in [0.25, 0.3) is 0 Å². The Hall–Kier alpha value is -2.46. The van der Waals surface area contributed by atoms with Crippen molar-refractivity contribution in [2.45, 2.75) is 25.3 Å². The van der Waals surface area contributed by atoms with Crippen LogP contribution in [0.4, 0.5) is 0 Å². The molecule has 0 saturated carbocycles. The Bertz CT molecular complexity index is 865. The van der Waals surface area contributed by atoms with Crippen molar-refractivity contribution in [1.82, 2.24) is 9.88 Å². The number of hydrogen-bond donors (Lipinski definition) is 2. The maximum Gasteiger partial charge on any atom is 0.162 e. The van der Waals surface area contributed by atoms with Gasteiger partial charge in [-0.05, 0) is 43.6 Å². The summed E-state index contributed by atoms with van der Waals surface area (Å²) < 4.78 is 5.35. The normalized spacial score (nSPS) is 16.8. The number of rotatable bonds is 4. The lowest BCUT2D eigenvalue weighted by atomic mass is 9.93. The van der Waals surface area contributed by atoms with Crippen LogP contribution in [0.3, 0.4) is 0 Å². The lowest BCUT2D eigenvalue weighted by Crippen LogP contribution is -2.34. The fraction of sp³-hybridized carbons (Fsp3) is 0.333. The minimum Gasteiger partial charge on any atom is -0.504 e. The summed E-state index contributed by atoms with van der Waals surface area (Å²) in [5.41, 5.74) is 3.24. The predicted octanol–water partition coefficient (Wildman–Crippen LogP) is 4.46. The summed E-state index contributed by atoms with van der Waals surface area (Å²) in [6.07, 6.45) is 5.76. The first-order chi connectivity index (χ1) is 12.3.